The van der Waals surface area contributed by atoms with Gasteiger partial charge in [-0.25, -0.2) is 0 Å². The number of piperazine rings is 1. The summed E-state index contributed by atoms with van der Waals surface area (Å²) in [4.78, 5) is 22.8. The highest BCUT2D eigenvalue weighted by molar-refractivity contribution is 5.95. The van der Waals surface area contributed by atoms with Gasteiger partial charge < -0.3 is 10.6 Å². The number of hydrogen-bond donors (Lipinski definition) is 4. The van der Waals surface area contributed by atoms with Crippen molar-refractivity contribution in [3.05, 3.63) is 11.8 Å². The van der Waals surface area contributed by atoms with Gasteiger partial charge in [-0.2, -0.15) is 5.10 Å². The standard InChI is InChI=1S/C11H17N5O2/c1-6(2)7-3-9(16-15-7)14-11(18)8-4-13-10(17)5-12-8/h3,6,8,12H,4-5H2,1-2H3,(H,13,17)(H2,14,15,16,18). The lowest BCUT2D eigenvalue weighted by molar-refractivity contribution is -0.124. The second-order valence-electron chi connectivity index (χ2n) is 4.59. The summed E-state index contributed by atoms with van der Waals surface area (Å²) in [6.45, 7) is 4.54. The molecule has 1 unspecified atom stereocenters. The third kappa shape index (κ3) is 2.86. The predicted octanol–water partition coefficient (Wildman–Crippen LogP) is -0.440. The Hall–Kier alpha value is -1.89. The minimum Gasteiger partial charge on any atom is -0.353 e. The van der Waals surface area contributed by atoms with Crippen LogP contribution in [0.1, 0.15) is 25.5 Å². The van der Waals surface area contributed by atoms with Crippen molar-refractivity contribution in [2.24, 2.45) is 0 Å². The molecule has 0 bridgehead atoms. The number of carbonyl (C=O) groups excluding carboxylic acids is 2. The monoisotopic (exact) mass is 251 g/mol. The van der Waals surface area contributed by atoms with Gasteiger partial charge in [0.2, 0.25) is 11.8 Å². The van der Waals surface area contributed by atoms with E-state index >= 15 is 0 Å². The Morgan fingerprint density at radius 3 is 2.89 bits per heavy atom. The van der Waals surface area contributed by atoms with Gasteiger partial charge in [0.05, 0.1) is 6.54 Å². The Bertz CT molecular complexity index is 444. The van der Waals surface area contributed by atoms with Crippen LogP contribution in [-0.2, 0) is 9.59 Å². The van der Waals surface area contributed by atoms with E-state index in [2.05, 4.69) is 26.1 Å². The molecule has 1 aliphatic heterocycles. The molecule has 0 aromatic carbocycles. The Kier molecular flexibility index (Phi) is 3.61. The van der Waals surface area contributed by atoms with E-state index in [0.29, 0.717) is 18.3 Å². The van der Waals surface area contributed by atoms with Crippen LogP contribution in [0.15, 0.2) is 6.07 Å². The summed E-state index contributed by atoms with van der Waals surface area (Å²) in [7, 11) is 0. The Balaban J connectivity index is 1.92. The number of nitrogens with zero attached hydrogens (tertiary/aromatic N) is 1. The van der Waals surface area contributed by atoms with E-state index in [1.165, 1.54) is 0 Å². The first-order valence-electron chi connectivity index (χ1n) is 5.92. The van der Waals surface area contributed by atoms with Crippen LogP contribution < -0.4 is 16.0 Å². The molecule has 0 radical (unpaired) electrons. The molecular formula is C11H17N5O2. The number of aromatic amines is 1. The number of carbonyl (C=O) groups is 2. The maximum absolute atomic E-state index is 11.9. The molecule has 0 aliphatic carbocycles. The minimum atomic E-state index is -0.415. The number of amides is 2. The Morgan fingerprint density at radius 1 is 1.56 bits per heavy atom. The van der Waals surface area contributed by atoms with E-state index in [4.69, 9.17) is 0 Å². The fraction of sp³-hybridized carbons (Fsp3) is 0.545. The van der Waals surface area contributed by atoms with Crippen molar-refractivity contribution in [1.29, 1.82) is 0 Å². The molecule has 1 aromatic heterocycles. The van der Waals surface area contributed by atoms with Gasteiger partial charge in [0.25, 0.3) is 0 Å². The van der Waals surface area contributed by atoms with Crippen LogP contribution in [-0.4, -0.2) is 41.1 Å². The van der Waals surface area contributed by atoms with E-state index in [1.54, 1.807) is 0 Å². The number of rotatable bonds is 3. The summed E-state index contributed by atoms with van der Waals surface area (Å²) in [5.41, 5.74) is 0.968. The number of nitrogens with one attached hydrogen (secondary N) is 4. The van der Waals surface area contributed by atoms with Crippen molar-refractivity contribution in [2.75, 3.05) is 18.4 Å². The SMILES string of the molecule is CC(C)c1cc(NC(=O)C2CNC(=O)CN2)n[nH]1. The molecule has 1 fully saturated rings. The number of anilines is 1. The molecule has 7 nitrogen and oxygen atoms in total. The molecule has 1 saturated heterocycles. The highest BCUT2D eigenvalue weighted by Gasteiger charge is 2.24. The summed E-state index contributed by atoms with van der Waals surface area (Å²) in [5, 5.41) is 15.1. The molecule has 1 atom stereocenters. The highest BCUT2D eigenvalue weighted by atomic mass is 16.2. The summed E-state index contributed by atoms with van der Waals surface area (Å²) < 4.78 is 0. The van der Waals surface area contributed by atoms with Crippen molar-refractivity contribution in [1.82, 2.24) is 20.8 Å². The quantitative estimate of drug-likeness (QED) is 0.585. The van der Waals surface area contributed by atoms with Gasteiger partial charge in [0.1, 0.15) is 6.04 Å². The summed E-state index contributed by atoms with van der Waals surface area (Å²) in [6.07, 6.45) is 0. The first-order valence-corrected chi connectivity index (χ1v) is 5.92. The molecule has 1 aliphatic rings. The zero-order chi connectivity index (χ0) is 13.1. The van der Waals surface area contributed by atoms with Gasteiger partial charge in [-0.05, 0) is 5.92 Å². The summed E-state index contributed by atoms with van der Waals surface area (Å²) in [5.74, 6) is 0.537. The molecule has 4 N–H and O–H groups in total. The predicted molar refractivity (Wildman–Crippen MR) is 66.1 cm³/mol. The molecule has 0 spiro atoms. The maximum atomic E-state index is 11.9. The van der Waals surface area contributed by atoms with Crippen molar-refractivity contribution in [2.45, 2.75) is 25.8 Å². The van der Waals surface area contributed by atoms with Crippen LogP contribution in [0.4, 0.5) is 5.82 Å². The van der Waals surface area contributed by atoms with Crippen LogP contribution in [0.2, 0.25) is 0 Å². The van der Waals surface area contributed by atoms with Crippen molar-refractivity contribution in [3.63, 3.8) is 0 Å². The second kappa shape index (κ2) is 5.18. The average Bonchev–Trinajstić information content (AvgIpc) is 2.78. The van der Waals surface area contributed by atoms with E-state index in [-0.39, 0.29) is 18.4 Å². The van der Waals surface area contributed by atoms with E-state index in [1.807, 2.05) is 19.9 Å². The van der Waals surface area contributed by atoms with E-state index in [0.717, 1.165) is 5.69 Å². The minimum absolute atomic E-state index is 0.0964. The van der Waals surface area contributed by atoms with Crippen LogP contribution in [0.25, 0.3) is 0 Å². The summed E-state index contributed by atoms with van der Waals surface area (Å²) in [6, 6.07) is 1.39. The molecule has 18 heavy (non-hydrogen) atoms. The number of aromatic nitrogens is 2. The fourth-order valence-electron chi connectivity index (χ4n) is 1.66. The van der Waals surface area contributed by atoms with E-state index < -0.39 is 6.04 Å². The van der Waals surface area contributed by atoms with Gasteiger partial charge in [0, 0.05) is 18.3 Å². The normalized spacial score (nSPS) is 19.7. The third-order valence-corrected chi connectivity index (χ3v) is 2.80. The average molecular weight is 251 g/mol. The number of hydrogen-bond acceptors (Lipinski definition) is 4. The molecule has 98 valence electrons. The molecule has 7 heteroatoms. The molecular weight excluding hydrogens is 234 g/mol. The first kappa shape index (κ1) is 12.6. The highest BCUT2D eigenvalue weighted by Crippen LogP contribution is 2.14. The Morgan fingerprint density at radius 2 is 2.33 bits per heavy atom. The molecule has 2 amide bonds. The van der Waals surface area contributed by atoms with Gasteiger partial charge in [-0.15, -0.1) is 0 Å². The molecule has 2 heterocycles. The largest absolute Gasteiger partial charge is 0.353 e. The van der Waals surface area contributed by atoms with Gasteiger partial charge in [0.15, 0.2) is 5.82 Å². The fourth-order valence-corrected chi connectivity index (χ4v) is 1.66. The van der Waals surface area contributed by atoms with Crippen LogP contribution in [0.5, 0.6) is 0 Å². The smallest absolute Gasteiger partial charge is 0.244 e. The van der Waals surface area contributed by atoms with Crippen molar-refractivity contribution in [3.8, 4) is 0 Å². The number of H-pyrrole nitrogens is 1. The zero-order valence-corrected chi connectivity index (χ0v) is 10.4. The van der Waals surface area contributed by atoms with Crippen molar-refractivity contribution >= 4 is 17.6 Å². The molecule has 2 rings (SSSR count). The zero-order valence-electron chi connectivity index (χ0n) is 10.4. The molecule has 0 saturated carbocycles. The van der Waals surface area contributed by atoms with Gasteiger partial charge in [-0.1, -0.05) is 13.8 Å². The van der Waals surface area contributed by atoms with Gasteiger partial charge >= 0.3 is 0 Å². The summed E-state index contributed by atoms with van der Waals surface area (Å²) >= 11 is 0. The van der Waals surface area contributed by atoms with E-state index in [9.17, 15) is 9.59 Å². The lowest BCUT2D eigenvalue weighted by atomic mass is 10.1. The molecule has 1 aromatic rings. The second-order valence-corrected chi connectivity index (χ2v) is 4.59. The maximum Gasteiger partial charge on any atom is 0.244 e. The first-order chi connectivity index (χ1) is 8.56. The van der Waals surface area contributed by atoms with Crippen LogP contribution in [0.3, 0.4) is 0 Å². The lowest BCUT2D eigenvalue weighted by Crippen LogP contribution is -2.56. The van der Waals surface area contributed by atoms with Crippen LogP contribution >= 0.6 is 0 Å². The lowest BCUT2D eigenvalue weighted by Gasteiger charge is -2.22. The van der Waals surface area contributed by atoms with Gasteiger partial charge in [-0.3, -0.25) is 20.0 Å². The van der Waals surface area contributed by atoms with Crippen LogP contribution in [0, 0.1) is 0 Å². The topological polar surface area (TPSA) is 98.9 Å². The third-order valence-electron chi connectivity index (χ3n) is 2.80. The Labute approximate surface area is 105 Å². The van der Waals surface area contributed by atoms with Crippen molar-refractivity contribution < 1.29 is 9.59 Å².